The molecule has 0 radical (unpaired) electrons. The lowest BCUT2D eigenvalue weighted by atomic mass is 10.1. The highest BCUT2D eigenvalue weighted by Gasteiger charge is 2.30. The van der Waals surface area contributed by atoms with E-state index in [4.69, 9.17) is 0 Å². The summed E-state index contributed by atoms with van der Waals surface area (Å²) in [4.78, 5) is 0. The molecule has 2 N–H and O–H groups in total. The first-order chi connectivity index (χ1) is 13.7. The van der Waals surface area contributed by atoms with Gasteiger partial charge in [0.05, 0.1) is 13.1 Å². The fourth-order valence-electron chi connectivity index (χ4n) is 2.87. The monoisotopic (exact) mass is 378 g/mol. The van der Waals surface area contributed by atoms with Crippen LogP contribution in [0.4, 0.5) is 0 Å². The Bertz CT molecular complexity index is 935. The van der Waals surface area contributed by atoms with E-state index in [9.17, 15) is 10.2 Å². The Labute approximate surface area is 160 Å². The third-order valence-electron chi connectivity index (χ3n) is 4.30. The molecule has 0 unspecified atom stereocenters. The van der Waals surface area contributed by atoms with Crippen molar-refractivity contribution in [1.29, 1.82) is 0 Å². The van der Waals surface area contributed by atoms with Crippen molar-refractivity contribution in [3.05, 3.63) is 83.4 Å². The molecule has 0 fully saturated rings. The van der Waals surface area contributed by atoms with Gasteiger partial charge in [-0.2, -0.15) is 0 Å². The summed E-state index contributed by atoms with van der Waals surface area (Å²) in [5.41, 5.74) is 1.93. The first kappa shape index (κ1) is 17.9. The van der Waals surface area contributed by atoms with E-state index in [-0.39, 0.29) is 11.6 Å². The van der Waals surface area contributed by atoms with Gasteiger partial charge in [0.25, 0.3) is 0 Å². The van der Waals surface area contributed by atoms with E-state index < -0.39 is 12.2 Å². The van der Waals surface area contributed by atoms with Crippen LogP contribution < -0.4 is 0 Å². The highest BCUT2D eigenvalue weighted by molar-refractivity contribution is 5.16. The molecule has 0 aliphatic rings. The quantitative estimate of drug-likeness (QED) is 0.476. The predicted molar refractivity (Wildman–Crippen MR) is 96.6 cm³/mol. The maximum atomic E-state index is 10.7. The van der Waals surface area contributed by atoms with Crippen LogP contribution in [-0.2, 0) is 13.1 Å². The first-order valence-corrected chi connectivity index (χ1v) is 8.68. The minimum atomic E-state index is -1.39. The number of benzene rings is 2. The van der Waals surface area contributed by atoms with E-state index in [1.54, 1.807) is 0 Å². The fourth-order valence-corrected chi connectivity index (χ4v) is 2.87. The van der Waals surface area contributed by atoms with Crippen LogP contribution in [0.25, 0.3) is 0 Å². The van der Waals surface area contributed by atoms with Gasteiger partial charge in [-0.25, -0.2) is 9.36 Å². The van der Waals surface area contributed by atoms with Crippen molar-refractivity contribution >= 4 is 0 Å². The number of nitrogens with zero attached hydrogens (tertiary/aromatic N) is 8. The zero-order valence-electron chi connectivity index (χ0n) is 14.8. The van der Waals surface area contributed by atoms with Crippen LogP contribution in [0.15, 0.2) is 60.7 Å². The van der Waals surface area contributed by atoms with Gasteiger partial charge in [-0.1, -0.05) is 60.7 Å². The average molecular weight is 378 g/mol. The molecule has 0 amide bonds. The van der Waals surface area contributed by atoms with Crippen molar-refractivity contribution in [3.8, 4) is 0 Å². The molecule has 0 spiro atoms. The van der Waals surface area contributed by atoms with Gasteiger partial charge in [-0.15, -0.1) is 10.2 Å². The molecule has 2 aromatic carbocycles. The van der Waals surface area contributed by atoms with Crippen molar-refractivity contribution in [1.82, 2.24) is 40.4 Å². The van der Waals surface area contributed by atoms with Crippen LogP contribution >= 0.6 is 0 Å². The Hall–Kier alpha value is -3.50. The van der Waals surface area contributed by atoms with Crippen molar-refractivity contribution in [3.63, 3.8) is 0 Å². The lowest BCUT2D eigenvalue weighted by molar-refractivity contribution is 0.00141. The van der Waals surface area contributed by atoms with E-state index in [1.165, 1.54) is 9.36 Å². The van der Waals surface area contributed by atoms with E-state index in [1.807, 2.05) is 60.7 Å². The summed E-state index contributed by atoms with van der Waals surface area (Å²) in [7, 11) is 0. The molecule has 0 bridgehead atoms. The largest absolute Gasteiger partial charge is 0.382 e. The molecule has 10 heteroatoms. The molecule has 28 heavy (non-hydrogen) atoms. The maximum Gasteiger partial charge on any atom is 0.183 e. The van der Waals surface area contributed by atoms with Gasteiger partial charge in [0.2, 0.25) is 0 Å². The minimum absolute atomic E-state index is 0.130. The van der Waals surface area contributed by atoms with Crippen LogP contribution in [-0.4, -0.2) is 50.6 Å². The zero-order valence-corrected chi connectivity index (χ0v) is 14.8. The van der Waals surface area contributed by atoms with E-state index in [2.05, 4.69) is 31.1 Å². The van der Waals surface area contributed by atoms with Crippen molar-refractivity contribution in [2.45, 2.75) is 25.3 Å². The molecule has 2 aromatic heterocycles. The third-order valence-corrected chi connectivity index (χ3v) is 4.30. The van der Waals surface area contributed by atoms with Crippen molar-refractivity contribution in [2.24, 2.45) is 0 Å². The molecule has 4 aromatic rings. The molecule has 2 heterocycles. The zero-order chi connectivity index (χ0) is 19.3. The third kappa shape index (κ3) is 3.77. The molecule has 142 valence electrons. The summed E-state index contributed by atoms with van der Waals surface area (Å²) in [5, 5.41) is 44.2. The molecule has 4 rings (SSSR count). The smallest absolute Gasteiger partial charge is 0.183 e. The number of hydrogen-bond acceptors (Lipinski definition) is 8. The summed E-state index contributed by atoms with van der Waals surface area (Å²) in [5.74, 6) is 0.260. The number of aromatic nitrogens is 8. The molecule has 0 saturated heterocycles. The van der Waals surface area contributed by atoms with Crippen LogP contribution in [0, 0.1) is 0 Å². The fraction of sp³-hybridized carbons (Fsp3) is 0.222. The summed E-state index contributed by atoms with van der Waals surface area (Å²) < 4.78 is 2.88. The van der Waals surface area contributed by atoms with Gasteiger partial charge < -0.3 is 10.2 Å². The second-order valence-corrected chi connectivity index (χ2v) is 6.25. The van der Waals surface area contributed by atoms with Gasteiger partial charge in [-0.05, 0) is 32.0 Å². The molecule has 0 saturated carbocycles. The van der Waals surface area contributed by atoms with E-state index in [0.29, 0.717) is 13.1 Å². The first-order valence-electron chi connectivity index (χ1n) is 8.68. The molecule has 0 aliphatic carbocycles. The van der Waals surface area contributed by atoms with E-state index in [0.717, 1.165) is 11.1 Å². The lowest BCUT2D eigenvalue weighted by Crippen LogP contribution is -2.21. The Morgan fingerprint density at radius 2 is 1.04 bits per heavy atom. The van der Waals surface area contributed by atoms with Crippen molar-refractivity contribution < 1.29 is 10.2 Å². The Kier molecular flexibility index (Phi) is 5.13. The Morgan fingerprint density at radius 1 is 0.643 bits per heavy atom. The highest BCUT2D eigenvalue weighted by atomic mass is 16.3. The standard InChI is InChI=1S/C18H18N8O2/c27-15(17-19-21-23-25(17)11-13-7-3-1-4-8-13)16(28)18-20-22-24-26(18)12-14-9-5-2-6-10-14/h1-10,15-16,27-28H,11-12H2/t15-,16-/m1/s1. The van der Waals surface area contributed by atoms with Gasteiger partial charge in [0.1, 0.15) is 12.2 Å². The summed E-state index contributed by atoms with van der Waals surface area (Å²) in [6, 6.07) is 19.1. The number of aliphatic hydroxyl groups excluding tert-OH is 2. The van der Waals surface area contributed by atoms with Gasteiger partial charge >= 0.3 is 0 Å². The minimum Gasteiger partial charge on any atom is -0.382 e. The molecular formula is C18H18N8O2. The molecule has 2 atom stereocenters. The Morgan fingerprint density at radius 3 is 1.43 bits per heavy atom. The predicted octanol–water partition coefficient (Wildman–Crippen LogP) is 0.523. The van der Waals surface area contributed by atoms with Crippen LogP contribution in [0.3, 0.4) is 0 Å². The van der Waals surface area contributed by atoms with Gasteiger partial charge in [0.15, 0.2) is 11.6 Å². The highest BCUT2D eigenvalue weighted by Crippen LogP contribution is 2.26. The number of rotatable bonds is 7. The topological polar surface area (TPSA) is 128 Å². The van der Waals surface area contributed by atoms with Crippen LogP contribution in [0.2, 0.25) is 0 Å². The second-order valence-electron chi connectivity index (χ2n) is 6.25. The van der Waals surface area contributed by atoms with Crippen LogP contribution in [0.1, 0.15) is 35.0 Å². The summed E-state index contributed by atoms with van der Waals surface area (Å²) >= 11 is 0. The van der Waals surface area contributed by atoms with Crippen molar-refractivity contribution in [2.75, 3.05) is 0 Å². The summed E-state index contributed by atoms with van der Waals surface area (Å²) in [6.07, 6.45) is -2.78. The molecule has 0 aliphatic heterocycles. The Balaban J connectivity index is 1.54. The van der Waals surface area contributed by atoms with E-state index >= 15 is 0 Å². The molecule has 10 nitrogen and oxygen atoms in total. The van der Waals surface area contributed by atoms with Gasteiger partial charge in [0, 0.05) is 0 Å². The number of tetrazole rings is 2. The van der Waals surface area contributed by atoms with Gasteiger partial charge in [-0.3, -0.25) is 0 Å². The average Bonchev–Trinajstić information content (AvgIpc) is 3.38. The van der Waals surface area contributed by atoms with Crippen LogP contribution in [0.5, 0.6) is 0 Å². The number of aliphatic hydroxyl groups is 2. The maximum absolute atomic E-state index is 10.7. The molecular weight excluding hydrogens is 360 g/mol. The normalized spacial score (nSPS) is 13.4. The summed E-state index contributed by atoms with van der Waals surface area (Å²) in [6.45, 7) is 0.726. The lowest BCUT2D eigenvalue weighted by Gasteiger charge is -2.16. The SMILES string of the molecule is O[C@@H](c1nnnn1Cc1ccccc1)[C@@H](O)c1nnnn1Cc1ccccc1. The second kappa shape index (κ2) is 8.03. The number of hydrogen-bond donors (Lipinski definition) is 2.